The highest BCUT2D eigenvalue weighted by Gasteiger charge is 2.32. The lowest BCUT2D eigenvalue weighted by Gasteiger charge is -2.26. The fourth-order valence-corrected chi connectivity index (χ4v) is 3.77. The van der Waals surface area contributed by atoms with Crippen LogP contribution >= 0.6 is 0 Å². The zero-order valence-electron chi connectivity index (χ0n) is 14.6. The summed E-state index contributed by atoms with van der Waals surface area (Å²) in [5.74, 6) is 0. The molecule has 0 aromatic heterocycles. The second-order valence-electron chi connectivity index (χ2n) is 7.86. The van der Waals surface area contributed by atoms with Crippen LogP contribution < -0.4 is 5.32 Å². The highest BCUT2D eigenvalue weighted by atomic mass is 16.2. The number of hydrogen-bond donors (Lipinski definition) is 1. The van der Waals surface area contributed by atoms with Crippen LogP contribution in [0.25, 0.3) is 0 Å². The fourth-order valence-electron chi connectivity index (χ4n) is 3.77. The van der Waals surface area contributed by atoms with Gasteiger partial charge in [-0.25, -0.2) is 4.79 Å². The molecule has 1 N–H and O–H groups in total. The number of para-hydroxylation sites is 1. The number of likely N-dealkylation sites (tertiary alicyclic amines) is 2. The summed E-state index contributed by atoms with van der Waals surface area (Å²) in [7, 11) is 0. The van der Waals surface area contributed by atoms with E-state index in [-0.39, 0.29) is 11.4 Å². The molecule has 0 radical (unpaired) electrons. The van der Waals surface area contributed by atoms with Crippen LogP contribution in [-0.4, -0.2) is 48.1 Å². The number of rotatable bonds is 2. The molecular weight excluding hydrogens is 286 g/mol. The largest absolute Gasteiger partial charge is 0.323 e. The maximum Gasteiger partial charge on any atom is 0.321 e. The second kappa shape index (κ2) is 6.52. The number of amides is 2. The molecule has 0 saturated carbocycles. The van der Waals surface area contributed by atoms with E-state index in [9.17, 15) is 4.79 Å². The van der Waals surface area contributed by atoms with Crippen LogP contribution in [0.1, 0.15) is 45.6 Å². The molecule has 2 amide bonds. The zero-order chi connectivity index (χ0) is 16.4. The normalized spacial score (nSPS) is 22.6. The molecule has 1 aromatic carbocycles. The van der Waals surface area contributed by atoms with Crippen LogP contribution in [0.3, 0.4) is 0 Å². The summed E-state index contributed by atoms with van der Waals surface area (Å²) in [6, 6.07) is 8.74. The molecule has 1 aromatic rings. The summed E-state index contributed by atoms with van der Waals surface area (Å²) in [5, 5.41) is 3.14. The van der Waals surface area contributed by atoms with E-state index in [0.29, 0.717) is 6.04 Å². The average molecular weight is 315 g/mol. The molecule has 4 heteroatoms. The van der Waals surface area contributed by atoms with Crippen molar-refractivity contribution in [2.24, 2.45) is 0 Å². The van der Waals surface area contributed by atoms with Gasteiger partial charge in [-0.3, -0.25) is 4.90 Å². The van der Waals surface area contributed by atoms with Crippen molar-refractivity contribution in [3.63, 3.8) is 0 Å². The summed E-state index contributed by atoms with van der Waals surface area (Å²) < 4.78 is 0. The molecule has 0 spiro atoms. The Morgan fingerprint density at radius 2 is 1.83 bits per heavy atom. The van der Waals surface area contributed by atoms with Crippen molar-refractivity contribution in [3.8, 4) is 0 Å². The average Bonchev–Trinajstić information content (AvgIpc) is 3.18. The van der Waals surface area contributed by atoms with Crippen molar-refractivity contribution in [2.75, 3.05) is 31.5 Å². The van der Waals surface area contributed by atoms with Crippen molar-refractivity contribution in [1.29, 1.82) is 0 Å². The quantitative estimate of drug-likeness (QED) is 0.903. The highest BCUT2D eigenvalue weighted by molar-refractivity contribution is 5.90. The van der Waals surface area contributed by atoms with E-state index in [4.69, 9.17) is 0 Å². The van der Waals surface area contributed by atoms with Gasteiger partial charge in [0.1, 0.15) is 0 Å². The third-order valence-corrected chi connectivity index (χ3v) is 5.08. The first-order valence-electron chi connectivity index (χ1n) is 8.84. The molecule has 0 bridgehead atoms. The lowest BCUT2D eigenvalue weighted by atomic mass is 9.86. The Kier molecular flexibility index (Phi) is 4.62. The van der Waals surface area contributed by atoms with Crippen molar-refractivity contribution < 1.29 is 4.79 Å². The van der Waals surface area contributed by atoms with Crippen LogP contribution in [0.15, 0.2) is 24.3 Å². The van der Waals surface area contributed by atoms with Crippen LogP contribution in [-0.2, 0) is 5.41 Å². The van der Waals surface area contributed by atoms with Gasteiger partial charge in [0.25, 0.3) is 0 Å². The topological polar surface area (TPSA) is 35.6 Å². The van der Waals surface area contributed by atoms with Crippen LogP contribution in [0.5, 0.6) is 0 Å². The van der Waals surface area contributed by atoms with Crippen LogP contribution in [0.2, 0.25) is 0 Å². The first-order valence-corrected chi connectivity index (χ1v) is 8.84. The standard InChI is InChI=1S/C19H29N3O/c1-19(2,3)16-8-4-5-9-17(16)20-18(23)22-13-10-15(14-22)21-11-6-7-12-21/h4-5,8-9,15H,6-7,10-14H2,1-3H3,(H,20,23)/t15-/m0/s1. The van der Waals surface area contributed by atoms with Crippen molar-refractivity contribution >= 4 is 11.7 Å². The maximum absolute atomic E-state index is 12.7. The Morgan fingerprint density at radius 1 is 1.13 bits per heavy atom. The van der Waals surface area contributed by atoms with Gasteiger partial charge < -0.3 is 10.2 Å². The lowest BCUT2D eigenvalue weighted by Crippen LogP contribution is -2.38. The van der Waals surface area contributed by atoms with Gasteiger partial charge in [0, 0.05) is 24.8 Å². The summed E-state index contributed by atoms with van der Waals surface area (Å²) >= 11 is 0. The van der Waals surface area contributed by atoms with Gasteiger partial charge in [0.05, 0.1) is 0 Å². The molecule has 0 unspecified atom stereocenters. The minimum Gasteiger partial charge on any atom is -0.323 e. The first-order chi connectivity index (χ1) is 10.9. The van der Waals surface area contributed by atoms with E-state index in [2.05, 4.69) is 37.1 Å². The van der Waals surface area contributed by atoms with E-state index in [1.807, 2.05) is 23.1 Å². The summed E-state index contributed by atoms with van der Waals surface area (Å²) in [5.41, 5.74) is 2.14. The number of nitrogens with zero attached hydrogens (tertiary/aromatic N) is 2. The second-order valence-corrected chi connectivity index (χ2v) is 7.86. The van der Waals surface area contributed by atoms with Crippen molar-refractivity contribution in [1.82, 2.24) is 9.80 Å². The smallest absolute Gasteiger partial charge is 0.321 e. The number of anilines is 1. The van der Waals surface area contributed by atoms with E-state index in [1.165, 1.54) is 31.5 Å². The lowest BCUT2D eigenvalue weighted by molar-refractivity contribution is 0.210. The third kappa shape index (κ3) is 3.69. The Labute approximate surface area is 139 Å². The monoisotopic (exact) mass is 315 g/mol. The van der Waals surface area contributed by atoms with Gasteiger partial charge in [-0.15, -0.1) is 0 Å². The molecule has 2 fully saturated rings. The highest BCUT2D eigenvalue weighted by Crippen LogP contribution is 2.30. The number of nitrogens with one attached hydrogen (secondary N) is 1. The van der Waals surface area contributed by atoms with E-state index in [0.717, 1.165) is 25.2 Å². The molecule has 2 aliphatic heterocycles. The minimum atomic E-state index is 0.0208. The Morgan fingerprint density at radius 3 is 2.52 bits per heavy atom. The number of carbonyl (C=O) groups is 1. The van der Waals surface area contributed by atoms with E-state index >= 15 is 0 Å². The van der Waals surface area contributed by atoms with Gasteiger partial charge in [0.2, 0.25) is 0 Å². The Hall–Kier alpha value is -1.55. The Balaban J connectivity index is 1.64. The van der Waals surface area contributed by atoms with Gasteiger partial charge >= 0.3 is 6.03 Å². The van der Waals surface area contributed by atoms with Gasteiger partial charge in [-0.2, -0.15) is 0 Å². The SMILES string of the molecule is CC(C)(C)c1ccccc1NC(=O)N1CC[C@H](N2CCCC2)C1. The number of benzene rings is 1. The summed E-state index contributed by atoms with van der Waals surface area (Å²) in [4.78, 5) is 17.2. The molecule has 126 valence electrons. The number of urea groups is 1. The molecule has 2 heterocycles. The Bertz CT molecular complexity index is 558. The minimum absolute atomic E-state index is 0.0208. The van der Waals surface area contributed by atoms with Crippen molar-refractivity contribution in [2.45, 2.75) is 51.5 Å². The molecule has 23 heavy (non-hydrogen) atoms. The van der Waals surface area contributed by atoms with Crippen LogP contribution in [0, 0.1) is 0 Å². The molecule has 2 aliphatic rings. The molecule has 2 saturated heterocycles. The predicted molar refractivity (Wildman–Crippen MR) is 94.9 cm³/mol. The maximum atomic E-state index is 12.7. The van der Waals surface area contributed by atoms with Crippen molar-refractivity contribution in [3.05, 3.63) is 29.8 Å². The number of carbonyl (C=O) groups excluding carboxylic acids is 1. The fraction of sp³-hybridized carbons (Fsp3) is 0.632. The third-order valence-electron chi connectivity index (χ3n) is 5.08. The molecular formula is C19H29N3O. The van der Waals surface area contributed by atoms with E-state index < -0.39 is 0 Å². The van der Waals surface area contributed by atoms with Gasteiger partial charge in [0.15, 0.2) is 0 Å². The van der Waals surface area contributed by atoms with Gasteiger partial charge in [-0.05, 0) is 49.4 Å². The summed E-state index contributed by atoms with van der Waals surface area (Å²) in [6.07, 6.45) is 3.72. The molecule has 1 atom stereocenters. The molecule has 4 nitrogen and oxygen atoms in total. The first kappa shape index (κ1) is 16.3. The molecule has 3 rings (SSSR count). The number of hydrogen-bond acceptors (Lipinski definition) is 2. The van der Waals surface area contributed by atoms with Crippen LogP contribution in [0.4, 0.5) is 10.5 Å². The van der Waals surface area contributed by atoms with E-state index in [1.54, 1.807) is 0 Å². The van der Waals surface area contributed by atoms with Gasteiger partial charge in [-0.1, -0.05) is 39.0 Å². The molecule has 0 aliphatic carbocycles. The predicted octanol–water partition coefficient (Wildman–Crippen LogP) is 3.69. The zero-order valence-corrected chi connectivity index (χ0v) is 14.6. The summed E-state index contributed by atoms with van der Waals surface area (Å²) in [6.45, 7) is 10.7.